The molecule has 0 aliphatic heterocycles. The molecule has 0 unspecified atom stereocenters. The molecule has 0 rings (SSSR count). The van der Waals surface area contributed by atoms with Gasteiger partial charge < -0.3 is 22.3 Å². The Morgan fingerprint density at radius 3 is 0.875 bits per heavy atom. The predicted octanol–water partition coefficient (Wildman–Crippen LogP) is 1.31. The molecule has 7 heteroatoms. The highest BCUT2D eigenvalue weighted by atomic mass is 16.3. The second kappa shape index (κ2) is 15.5. The third kappa shape index (κ3) is 42.7. The molecule has 0 radical (unpaired) electrons. The van der Waals surface area contributed by atoms with Gasteiger partial charge in [0.15, 0.2) is 0 Å². The van der Waals surface area contributed by atoms with Gasteiger partial charge in [0, 0.05) is 16.7 Å². The molecule has 0 heterocycles. The lowest BCUT2D eigenvalue weighted by Crippen LogP contribution is -2.15. The number of carbonyl (C=O) groups is 3. The van der Waals surface area contributed by atoms with E-state index in [1.54, 1.807) is 34.6 Å². The van der Waals surface area contributed by atoms with Crippen molar-refractivity contribution in [2.75, 3.05) is 0 Å². The van der Waals surface area contributed by atoms with Crippen molar-refractivity contribution >= 4 is 17.7 Å². The van der Waals surface area contributed by atoms with E-state index in [4.69, 9.17) is 22.3 Å². The van der Waals surface area contributed by atoms with Gasteiger partial charge in [-0.2, -0.15) is 0 Å². The molecule has 3 amide bonds. The fourth-order valence-corrected chi connectivity index (χ4v) is 0. The van der Waals surface area contributed by atoms with E-state index in [-0.39, 0.29) is 0 Å². The van der Waals surface area contributed by atoms with E-state index in [1.165, 1.54) is 0 Å². The molecule has 0 saturated carbocycles. The monoisotopic (exact) mass is 343 g/mol. The molecular weight excluding hydrogens is 310 g/mol. The van der Waals surface area contributed by atoms with Crippen LogP contribution in [0, 0.1) is 0 Å². The number of nitrogens with two attached hydrogens (primary N) is 3. The summed E-state index contributed by atoms with van der Waals surface area (Å²) in [5, 5.41) is 8.83. The van der Waals surface area contributed by atoms with Crippen molar-refractivity contribution in [3.63, 3.8) is 0 Å². The smallest absolute Gasteiger partial charge is 0.243 e. The maximum Gasteiger partial charge on any atom is 0.243 e. The molecule has 0 aromatic rings. The first kappa shape index (κ1) is 29.6. The summed E-state index contributed by atoms with van der Waals surface area (Å²) < 4.78 is 0. The first-order chi connectivity index (χ1) is 10.5. The number of primary amides is 3. The van der Waals surface area contributed by atoms with Gasteiger partial charge in [0.1, 0.15) is 0 Å². The Hall–Kier alpha value is -2.41. The minimum absolute atomic E-state index is 0.398. The molecule has 140 valence electrons. The van der Waals surface area contributed by atoms with Crippen LogP contribution in [0.3, 0.4) is 0 Å². The maximum absolute atomic E-state index is 9.82. The average molecular weight is 343 g/mol. The summed E-state index contributed by atoms with van der Waals surface area (Å²) in [4.78, 5) is 29.5. The van der Waals surface area contributed by atoms with Gasteiger partial charge in [0.25, 0.3) is 0 Å². The van der Waals surface area contributed by atoms with E-state index in [9.17, 15) is 14.4 Å². The van der Waals surface area contributed by atoms with Gasteiger partial charge in [-0.1, -0.05) is 26.7 Å². The summed E-state index contributed by atoms with van der Waals surface area (Å²) in [5.74, 6) is -1.31. The Labute approximate surface area is 145 Å². The molecule has 7 N–H and O–H groups in total. The van der Waals surface area contributed by atoms with E-state index < -0.39 is 23.3 Å². The zero-order chi connectivity index (χ0) is 20.7. The first-order valence-electron chi connectivity index (χ1n) is 7.07. The molecule has 0 aromatic heterocycles. The Bertz CT molecular complexity index is 368. The molecular formula is C17H33N3O4. The lowest BCUT2D eigenvalue weighted by Gasteiger charge is -2.11. The van der Waals surface area contributed by atoms with Crippen molar-refractivity contribution in [3.8, 4) is 0 Å². The number of hydrogen-bond donors (Lipinski definition) is 4. The van der Waals surface area contributed by atoms with Gasteiger partial charge >= 0.3 is 0 Å². The number of rotatable bonds is 4. The second-order valence-corrected chi connectivity index (χ2v) is 5.60. The normalized spacial score (nSPS) is 8.62. The summed E-state index contributed by atoms with van der Waals surface area (Å²) in [6.07, 6.45) is 0.826. The Morgan fingerprint density at radius 2 is 0.875 bits per heavy atom. The van der Waals surface area contributed by atoms with Crippen LogP contribution in [0.15, 0.2) is 36.5 Å². The van der Waals surface area contributed by atoms with Crippen molar-refractivity contribution in [2.24, 2.45) is 17.2 Å². The Kier molecular flexibility index (Phi) is 19.1. The van der Waals surface area contributed by atoms with Crippen molar-refractivity contribution in [1.82, 2.24) is 0 Å². The second-order valence-electron chi connectivity index (χ2n) is 5.60. The van der Waals surface area contributed by atoms with E-state index in [0.717, 1.165) is 6.42 Å². The average Bonchev–Trinajstić information content (AvgIpc) is 2.39. The van der Waals surface area contributed by atoms with Crippen LogP contribution in [0.2, 0.25) is 0 Å². The van der Waals surface area contributed by atoms with Crippen LogP contribution >= 0.6 is 0 Å². The summed E-state index contributed by atoms with van der Waals surface area (Å²) in [6.45, 7) is 20.1. The Morgan fingerprint density at radius 1 is 0.792 bits per heavy atom. The van der Waals surface area contributed by atoms with E-state index in [1.807, 2.05) is 6.92 Å². The third-order valence-corrected chi connectivity index (χ3v) is 2.13. The SMILES string of the molecule is C=C(C)C(N)=O.C=C(C)C(N)=O.C=C(C)C(N)=O.CCC(C)(C)O. The molecule has 24 heavy (non-hydrogen) atoms. The van der Waals surface area contributed by atoms with E-state index >= 15 is 0 Å². The standard InChI is InChI=1S/C5H12O.3C4H7NO/c1-4-5(2,3)6;3*1-3(2)4(5)6/h6H,4H2,1-3H3;3*1H2,2H3,(H2,5,6). The predicted molar refractivity (Wildman–Crippen MR) is 98.6 cm³/mol. The number of hydrogen-bond acceptors (Lipinski definition) is 4. The van der Waals surface area contributed by atoms with Crippen LogP contribution in [0.5, 0.6) is 0 Å². The zero-order valence-corrected chi connectivity index (χ0v) is 15.7. The fraction of sp³-hybridized carbons (Fsp3) is 0.471. The van der Waals surface area contributed by atoms with Crippen LogP contribution in [-0.2, 0) is 14.4 Å². The number of aliphatic hydroxyl groups is 1. The Balaban J connectivity index is -0.000000111. The highest BCUT2D eigenvalue weighted by Crippen LogP contribution is 2.03. The summed E-state index contributed by atoms with van der Waals surface area (Å²) in [5.41, 5.74) is 14.8. The largest absolute Gasteiger partial charge is 0.390 e. The zero-order valence-electron chi connectivity index (χ0n) is 15.7. The molecule has 0 aliphatic carbocycles. The lowest BCUT2D eigenvalue weighted by molar-refractivity contribution is -0.115. The minimum Gasteiger partial charge on any atom is -0.390 e. The van der Waals surface area contributed by atoms with Gasteiger partial charge in [-0.25, -0.2) is 0 Å². The highest BCUT2D eigenvalue weighted by molar-refractivity contribution is 5.91. The fourth-order valence-electron chi connectivity index (χ4n) is 0. The quantitative estimate of drug-likeness (QED) is 0.569. The lowest BCUT2D eigenvalue weighted by atomic mass is 10.1. The molecule has 7 nitrogen and oxygen atoms in total. The van der Waals surface area contributed by atoms with Gasteiger partial charge in [-0.15, -0.1) is 0 Å². The van der Waals surface area contributed by atoms with Crippen LogP contribution in [0.25, 0.3) is 0 Å². The van der Waals surface area contributed by atoms with Crippen LogP contribution in [0.4, 0.5) is 0 Å². The van der Waals surface area contributed by atoms with E-state index in [2.05, 4.69) is 19.7 Å². The van der Waals surface area contributed by atoms with E-state index in [0.29, 0.717) is 16.7 Å². The molecule has 0 bridgehead atoms. The van der Waals surface area contributed by atoms with Gasteiger partial charge in [-0.3, -0.25) is 14.4 Å². The summed E-state index contributed by atoms with van der Waals surface area (Å²) in [6, 6.07) is 0. The van der Waals surface area contributed by atoms with Crippen LogP contribution in [-0.4, -0.2) is 28.4 Å². The summed E-state index contributed by atoms with van der Waals surface area (Å²) in [7, 11) is 0. The molecule has 0 aromatic carbocycles. The van der Waals surface area contributed by atoms with Crippen LogP contribution < -0.4 is 17.2 Å². The van der Waals surface area contributed by atoms with Crippen molar-refractivity contribution in [3.05, 3.63) is 36.5 Å². The number of amides is 3. The topological polar surface area (TPSA) is 150 Å². The molecule has 0 atom stereocenters. The van der Waals surface area contributed by atoms with Gasteiger partial charge in [0.2, 0.25) is 17.7 Å². The van der Waals surface area contributed by atoms with Crippen molar-refractivity contribution in [2.45, 2.75) is 53.6 Å². The first-order valence-corrected chi connectivity index (χ1v) is 7.07. The van der Waals surface area contributed by atoms with Crippen molar-refractivity contribution < 1.29 is 19.5 Å². The minimum atomic E-state index is -0.458. The van der Waals surface area contributed by atoms with Crippen LogP contribution in [0.1, 0.15) is 48.0 Å². The number of carbonyl (C=O) groups excluding carboxylic acids is 3. The molecule has 0 saturated heterocycles. The maximum atomic E-state index is 9.82. The molecule has 0 aliphatic rings. The molecule has 0 fully saturated rings. The van der Waals surface area contributed by atoms with Gasteiger partial charge in [0.05, 0.1) is 5.60 Å². The van der Waals surface area contributed by atoms with Crippen molar-refractivity contribution in [1.29, 1.82) is 0 Å². The molecule has 0 spiro atoms. The van der Waals surface area contributed by atoms with Gasteiger partial charge in [-0.05, 0) is 41.0 Å². The third-order valence-electron chi connectivity index (χ3n) is 2.13. The highest BCUT2D eigenvalue weighted by Gasteiger charge is 2.05. The summed E-state index contributed by atoms with van der Waals surface area (Å²) >= 11 is 0.